The zero-order valence-corrected chi connectivity index (χ0v) is 18.0. The number of hydrogen-bond donors (Lipinski definition) is 0. The SMILES string of the molecule is Cc1ccc(-c2cccc(Oc3cccc(-c4ccc(C)cc4)c3[N+](=O)[O-])c2[N+](=O)[O-])cc1. The third-order valence-electron chi connectivity index (χ3n) is 5.31. The third kappa shape index (κ3) is 4.43. The van der Waals surface area contributed by atoms with Crippen LogP contribution in [0.2, 0.25) is 0 Å². The van der Waals surface area contributed by atoms with Crippen molar-refractivity contribution in [3.05, 3.63) is 116 Å². The molecule has 0 aliphatic carbocycles. The fourth-order valence-corrected chi connectivity index (χ4v) is 3.64. The predicted molar refractivity (Wildman–Crippen MR) is 127 cm³/mol. The van der Waals surface area contributed by atoms with Gasteiger partial charge in [-0.05, 0) is 49.2 Å². The fraction of sp³-hybridized carbons (Fsp3) is 0.0769. The number of para-hydroxylation sites is 2. The molecule has 0 spiro atoms. The number of aryl methyl sites for hydroxylation is 2. The molecule has 7 nitrogen and oxygen atoms in total. The Morgan fingerprint density at radius 3 is 1.27 bits per heavy atom. The van der Waals surface area contributed by atoms with Gasteiger partial charge in [0.25, 0.3) is 0 Å². The molecule has 0 amide bonds. The smallest absolute Gasteiger partial charge is 0.319 e. The van der Waals surface area contributed by atoms with E-state index in [9.17, 15) is 20.2 Å². The van der Waals surface area contributed by atoms with Gasteiger partial charge in [-0.15, -0.1) is 0 Å². The Balaban J connectivity index is 1.84. The lowest BCUT2D eigenvalue weighted by atomic mass is 10.0. The monoisotopic (exact) mass is 440 g/mol. The summed E-state index contributed by atoms with van der Waals surface area (Å²) in [6.07, 6.45) is 0. The van der Waals surface area contributed by atoms with Crippen LogP contribution in [0.4, 0.5) is 11.4 Å². The topological polar surface area (TPSA) is 95.5 Å². The molecule has 0 fully saturated rings. The van der Waals surface area contributed by atoms with Crippen molar-refractivity contribution >= 4 is 11.4 Å². The summed E-state index contributed by atoms with van der Waals surface area (Å²) in [7, 11) is 0. The van der Waals surface area contributed by atoms with Gasteiger partial charge in [0, 0.05) is 0 Å². The summed E-state index contributed by atoms with van der Waals surface area (Å²) in [6.45, 7) is 3.86. The Kier molecular flexibility index (Phi) is 5.87. The molecule has 4 aromatic rings. The fourth-order valence-electron chi connectivity index (χ4n) is 3.64. The lowest BCUT2D eigenvalue weighted by molar-refractivity contribution is -0.386. The molecule has 0 heterocycles. The number of ether oxygens (including phenoxy) is 1. The first-order chi connectivity index (χ1) is 15.8. The van der Waals surface area contributed by atoms with Gasteiger partial charge < -0.3 is 4.74 Å². The first-order valence-electron chi connectivity index (χ1n) is 10.2. The number of nitrogens with zero attached hydrogens (tertiary/aromatic N) is 2. The molecular formula is C26H20N2O5. The van der Waals surface area contributed by atoms with Crippen LogP contribution in [-0.4, -0.2) is 9.85 Å². The maximum atomic E-state index is 12.0. The summed E-state index contributed by atoms with van der Waals surface area (Å²) < 4.78 is 5.85. The molecule has 0 aliphatic rings. The molecule has 0 atom stereocenters. The lowest BCUT2D eigenvalue weighted by Crippen LogP contribution is -2.00. The second-order valence-corrected chi connectivity index (χ2v) is 7.65. The minimum absolute atomic E-state index is 0.0674. The lowest BCUT2D eigenvalue weighted by Gasteiger charge is -2.12. The van der Waals surface area contributed by atoms with Crippen LogP contribution < -0.4 is 4.74 Å². The highest BCUT2D eigenvalue weighted by molar-refractivity contribution is 5.80. The van der Waals surface area contributed by atoms with E-state index < -0.39 is 9.85 Å². The van der Waals surface area contributed by atoms with E-state index in [4.69, 9.17) is 4.74 Å². The van der Waals surface area contributed by atoms with Crippen molar-refractivity contribution in [3.8, 4) is 33.8 Å². The van der Waals surface area contributed by atoms with Gasteiger partial charge >= 0.3 is 11.4 Å². The van der Waals surface area contributed by atoms with E-state index in [1.165, 1.54) is 12.1 Å². The second-order valence-electron chi connectivity index (χ2n) is 7.65. The molecule has 0 radical (unpaired) electrons. The average molecular weight is 440 g/mol. The Hall–Kier alpha value is -4.52. The molecule has 4 rings (SSSR count). The van der Waals surface area contributed by atoms with Crippen molar-refractivity contribution in [2.45, 2.75) is 13.8 Å². The van der Waals surface area contributed by atoms with Gasteiger partial charge in [0.05, 0.1) is 21.0 Å². The van der Waals surface area contributed by atoms with Crippen molar-refractivity contribution in [2.24, 2.45) is 0 Å². The number of rotatable bonds is 6. The van der Waals surface area contributed by atoms with Gasteiger partial charge in [-0.3, -0.25) is 20.2 Å². The van der Waals surface area contributed by atoms with E-state index in [0.717, 1.165) is 11.1 Å². The summed E-state index contributed by atoms with van der Waals surface area (Å²) in [4.78, 5) is 23.0. The first-order valence-corrected chi connectivity index (χ1v) is 10.2. The molecule has 0 saturated heterocycles. The largest absolute Gasteiger partial charge is 0.443 e. The third-order valence-corrected chi connectivity index (χ3v) is 5.31. The van der Waals surface area contributed by atoms with Crippen LogP contribution in [0.1, 0.15) is 11.1 Å². The molecule has 4 aromatic carbocycles. The summed E-state index contributed by atoms with van der Waals surface area (Å²) >= 11 is 0. The van der Waals surface area contributed by atoms with Crippen LogP contribution in [0.3, 0.4) is 0 Å². The van der Waals surface area contributed by atoms with Gasteiger partial charge in [-0.25, -0.2) is 0 Å². The van der Waals surface area contributed by atoms with Gasteiger partial charge in [0.15, 0.2) is 0 Å². The Morgan fingerprint density at radius 2 is 0.939 bits per heavy atom. The molecule has 7 heteroatoms. The van der Waals surface area contributed by atoms with E-state index in [1.807, 2.05) is 38.1 Å². The summed E-state index contributed by atoms with van der Waals surface area (Å²) in [5.41, 5.74) is 3.59. The Bertz CT molecular complexity index is 1240. The number of benzene rings is 4. The van der Waals surface area contributed by atoms with Crippen LogP contribution in [0, 0.1) is 34.1 Å². The normalized spacial score (nSPS) is 10.6. The molecule has 0 bridgehead atoms. The number of hydrogen-bond acceptors (Lipinski definition) is 5. The minimum atomic E-state index is -0.528. The summed E-state index contributed by atoms with van der Waals surface area (Å²) in [5.74, 6) is -0.135. The van der Waals surface area contributed by atoms with Crippen LogP contribution in [0.5, 0.6) is 11.5 Å². The van der Waals surface area contributed by atoms with Crippen LogP contribution in [0.25, 0.3) is 22.3 Å². The van der Waals surface area contributed by atoms with E-state index in [1.54, 1.807) is 48.5 Å². The quantitative estimate of drug-likeness (QED) is 0.232. The molecule has 0 unspecified atom stereocenters. The molecular weight excluding hydrogens is 420 g/mol. The van der Waals surface area contributed by atoms with E-state index >= 15 is 0 Å². The van der Waals surface area contributed by atoms with Gasteiger partial charge in [0.1, 0.15) is 0 Å². The summed E-state index contributed by atoms with van der Waals surface area (Å²) in [5, 5.41) is 24.0. The molecule has 0 N–H and O–H groups in total. The second kappa shape index (κ2) is 8.92. The molecule has 0 aliphatic heterocycles. The van der Waals surface area contributed by atoms with Crippen molar-refractivity contribution in [3.63, 3.8) is 0 Å². The number of nitro benzene ring substituents is 2. The van der Waals surface area contributed by atoms with E-state index in [0.29, 0.717) is 22.3 Å². The zero-order chi connectivity index (χ0) is 23.5. The maximum Gasteiger partial charge on any atom is 0.319 e. The van der Waals surface area contributed by atoms with Gasteiger partial charge in [-0.2, -0.15) is 0 Å². The van der Waals surface area contributed by atoms with Crippen LogP contribution in [-0.2, 0) is 0 Å². The molecule has 0 aromatic heterocycles. The summed E-state index contributed by atoms with van der Waals surface area (Å²) in [6, 6.07) is 24.0. The van der Waals surface area contributed by atoms with Crippen LogP contribution >= 0.6 is 0 Å². The highest BCUT2D eigenvalue weighted by atomic mass is 16.6. The first kappa shape index (κ1) is 21.7. The van der Waals surface area contributed by atoms with Gasteiger partial charge in [-0.1, -0.05) is 71.8 Å². The number of nitro groups is 2. The Morgan fingerprint density at radius 1 is 0.576 bits per heavy atom. The minimum Gasteiger partial charge on any atom is -0.443 e. The highest BCUT2D eigenvalue weighted by Crippen LogP contribution is 2.44. The van der Waals surface area contributed by atoms with Crippen LogP contribution in [0.15, 0.2) is 84.9 Å². The van der Waals surface area contributed by atoms with Crippen molar-refractivity contribution < 1.29 is 14.6 Å². The Labute approximate surface area is 190 Å². The van der Waals surface area contributed by atoms with Crippen molar-refractivity contribution in [2.75, 3.05) is 0 Å². The maximum absolute atomic E-state index is 12.0. The standard InChI is InChI=1S/C26H20N2O5/c1-17-9-13-19(14-10-17)21-5-3-7-23(25(21)27(29)30)33-24-8-4-6-22(26(24)28(31)32)20-15-11-18(2)12-16-20/h3-16H,1-2H3. The zero-order valence-electron chi connectivity index (χ0n) is 18.0. The van der Waals surface area contributed by atoms with E-state index in [-0.39, 0.29) is 22.9 Å². The predicted octanol–water partition coefficient (Wildman–Crippen LogP) is 7.25. The molecule has 164 valence electrons. The van der Waals surface area contributed by atoms with Crippen molar-refractivity contribution in [1.29, 1.82) is 0 Å². The molecule has 33 heavy (non-hydrogen) atoms. The molecule has 0 saturated carbocycles. The average Bonchev–Trinajstić information content (AvgIpc) is 2.79. The highest BCUT2D eigenvalue weighted by Gasteiger charge is 2.27. The van der Waals surface area contributed by atoms with E-state index in [2.05, 4.69) is 0 Å². The van der Waals surface area contributed by atoms with Crippen molar-refractivity contribution in [1.82, 2.24) is 0 Å². The van der Waals surface area contributed by atoms with Gasteiger partial charge in [0.2, 0.25) is 11.5 Å².